The second-order valence-corrected chi connectivity index (χ2v) is 4.76. The quantitative estimate of drug-likeness (QED) is 0.633. The molecular weight excluding hydrogens is 226 g/mol. The molecule has 98 valence electrons. The van der Waals surface area contributed by atoms with Crippen molar-refractivity contribution in [1.29, 1.82) is 5.41 Å². The molecule has 3 N–H and O–H groups in total. The van der Waals surface area contributed by atoms with E-state index in [1.54, 1.807) is 0 Å². The average Bonchev–Trinajstić information content (AvgIpc) is 2.38. The summed E-state index contributed by atoms with van der Waals surface area (Å²) >= 11 is 0. The van der Waals surface area contributed by atoms with E-state index >= 15 is 0 Å². The number of amidine groups is 1. The molecule has 2 rings (SSSR count). The first-order chi connectivity index (χ1) is 8.63. The van der Waals surface area contributed by atoms with Crippen molar-refractivity contribution in [1.82, 2.24) is 0 Å². The summed E-state index contributed by atoms with van der Waals surface area (Å²) < 4.78 is 5.53. The van der Waals surface area contributed by atoms with E-state index in [2.05, 4.69) is 24.8 Å². The van der Waals surface area contributed by atoms with Crippen LogP contribution in [-0.2, 0) is 4.74 Å². The molecule has 1 fully saturated rings. The van der Waals surface area contributed by atoms with Crippen LogP contribution < -0.4 is 10.6 Å². The van der Waals surface area contributed by atoms with Gasteiger partial charge < -0.3 is 15.4 Å². The van der Waals surface area contributed by atoms with Gasteiger partial charge in [-0.3, -0.25) is 5.41 Å². The Balaban J connectivity index is 2.41. The maximum absolute atomic E-state index is 7.71. The summed E-state index contributed by atoms with van der Waals surface area (Å²) in [5, 5.41) is 7.71. The molecule has 1 aromatic carbocycles. The molecule has 4 heteroatoms. The topological polar surface area (TPSA) is 62.3 Å². The van der Waals surface area contributed by atoms with E-state index in [4.69, 9.17) is 15.9 Å². The first kappa shape index (κ1) is 12.9. The lowest BCUT2D eigenvalue weighted by molar-refractivity contribution is 0.0930. The molecule has 0 bridgehead atoms. The van der Waals surface area contributed by atoms with Crippen LogP contribution >= 0.6 is 0 Å². The minimum atomic E-state index is 0.131. The zero-order valence-electron chi connectivity index (χ0n) is 11.1. The molecule has 4 nitrogen and oxygen atoms in total. The predicted molar refractivity (Wildman–Crippen MR) is 74.4 cm³/mol. The minimum Gasteiger partial charge on any atom is -0.384 e. The normalized spacial score (nSPS) is 19.9. The number of rotatable bonds is 3. The molecule has 0 aliphatic carbocycles. The number of nitrogen functional groups attached to an aromatic ring is 1. The molecular formula is C14H21N3O. The minimum absolute atomic E-state index is 0.131. The smallest absolute Gasteiger partial charge is 0.124 e. The Morgan fingerprint density at radius 2 is 2.33 bits per heavy atom. The Labute approximate surface area is 108 Å². The summed E-state index contributed by atoms with van der Waals surface area (Å²) in [7, 11) is 0. The summed E-state index contributed by atoms with van der Waals surface area (Å²) in [4.78, 5) is 2.33. The molecule has 18 heavy (non-hydrogen) atoms. The second kappa shape index (κ2) is 5.40. The second-order valence-electron chi connectivity index (χ2n) is 4.76. The maximum Gasteiger partial charge on any atom is 0.124 e. The van der Waals surface area contributed by atoms with Gasteiger partial charge in [-0.25, -0.2) is 0 Å². The van der Waals surface area contributed by atoms with Gasteiger partial charge >= 0.3 is 0 Å². The van der Waals surface area contributed by atoms with Crippen molar-refractivity contribution in [2.75, 3.05) is 24.7 Å². The third-order valence-corrected chi connectivity index (χ3v) is 3.45. The molecule has 1 saturated heterocycles. The van der Waals surface area contributed by atoms with Crippen molar-refractivity contribution in [3.05, 3.63) is 29.3 Å². The Hall–Kier alpha value is -1.55. The monoisotopic (exact) mass is 247 g/mol. The van der Waals surface area contributed by atoms with Crippen LogP contribution in [0.5, 0.6) is 0 Å². The molecule has 0 saturated carbocycles. The van der Waals surface area contributed by atoms with E-state index in [-0.39, 0.29) is 5.84 Å². The fourth-order valence-electron chi connectivity index (χ4n) is 2.42. The van der Waals surface area contributed by atoms with E-state index < -0.39 is 0 Å². The van der Waals surface area contributed by atoms with Crippen LogP contribution in [0.4, 0.5) is 5.69 Å². The summed E-state index contributed by atoms with van der Waals surface area (Å²) in [5.41, 5.74) is 8.76. The highest BCUT2D eigenvalue weighted by Crippen LogP contribution is 2.26. The van der Waals surface area contributed by atoms with Crippen molar-refractivity contribution in [3.63, 3.8) is 0 Å². The number of nitrogens with zero attached hydrogens (tertiary/aromatic N) is 1. The molecule has 0 spiro atoms. The number of ether oxygens (including phenoxy) is 1. The average molecular weight is 247 g/mol. The summed E-state index contributed by atoms with van der Waals surface area (Å²) in [6, 6.07) is 6.43. The van der Waals surface area contributed by atoms with Crippen LogP contribution in [-0.4, -0.2) is 31.6 Å². The number of nitrogens with two attached hydrogens (primary N) is 1. The number of anilines is 1. The molecule has 1 aromatic rings. The fraction of sp³-hybridized carbons (Fsp3) is 0.500. The molecule has 0 amide bonds. The Kier molecular flexibility index (Phi) is 3.87. The number of morpholine rings is 1. The fourth-order valence-corrected chi connectivity index (χ4v) is 2.42. The van der Waals surface area contributed by atoms with E-state index in [0.29, 0.717) is 6.04 Å². The first-order valence-corrected chi connectivity index (χ1v) is 6.43. The summed E-state index contributed by atoms with van der Waals surface area (Å²) in [6.07, 6.45) is 1.03. The highest BCUT2D eigenvalue weighted by molar-refractivity contribution is 6.00. The van der Waals surface area contributed by atoms with E-state index in [9.17, 15) is 0 Å². The SMILES string of the molecule is CCC1COCCN1c1cc(C)ccc1C(=N)N. The van der Waals surface area contributed by atoms with Gasteiger partial charge in [-0.2, -0.15) is 0 Å². The number of hydrogen-bond acceptors (Lipinski definition) is 3. The third kappa shape index (κ3) is 2.48. The van der Waals surface area contributed by atoms with Gasteiger partial charge in [0.1, 0.15) is 5.84 Å². The third-order valence-electron chi connectivity index (χ3n) is 3.45. The Morgan fingerprint density at radius 1 is 1.56 bits per heavy atom. The molecule has 0 radical (unpaired) electrons. The van der Waals surface area contributed by atoms with Gasteiger partial charge in [-0.1, -0.05) is 13.0 Å². The lowest BCUT2D eigenvalue weighted by Gasteiger charge is -2.38. The summed E-state index contributed by atoms with van der Waals surface area (Å²) in [6.45, 7) is 6.58. The lowest BCUT2D eigenvalue weighted by atomic mass is 10.0. The van der Waals surface area contributed by atoms with E-state index in [1.807, 2.05) is 12.1 Å². The van der Waals surface area contributed by atoms with Gasteiger partial charge in [-0.15, -0.1) is 0 Å². The van der Waals surface area contributed by atoms with Crippen molar-refractivity contribution < 1.29 is 4.74 Å². The Morgan fingerprint density at radius 3 is 3.00 bits per heavy atom. The Bertz CT molecular complexity index is 445. The maximum atomic E-state index is 7.71. The zero-order chi connectivity index (χ0) is 13.1. The van der Waals surface area contributed by atoms with Crippen molar-refractivity contribution in [3.8, 4) is 0 Å². The molecule has 1 unspecified atom stereocenters. The molecule has 1 atom stereocenters. The number of nitrogens with one attached hydrogen (secondary N) is 1. The van der Waals surface area contributed by atoms with Gasteiger partial charge in [0.2, 0.25) is 0 Å². The van der Waals surface area contributed by atoms with Crippen LogP contribution in [0.2, 0.25) is 0 Å². The van der Waals surface area contributed by atoms with Crippen LogP contribution in [0.1, 0.15) is 24.5 Å². The number of benzene rings is 1. The molecule has 1 aliphatic rings. The van der Waals surface area contributed by atoms with Crippen molar-refractivity contribution in [2.45, 2.75) is 26.3 Å². The number of aryl methyl sites for hydroxylation is 1. The molecule has 0 aromatic heterocycles. The van der Waals surface area contributed by atoms with Crippen LogP contribution in [0.15, 0.2) is 18.2 Å². The van der Waals surface area contributed by atoms with Gasteiger partial charge in [-0.05, 0) is 31.0 Å². The van der Waals surface area contributed by atoms with Gasteiger partial charge in [0.05, 0.1) is 19.3 Å². The lowest BCUT2D eigenvalue weighted by Crippen LogP contribution is -2.46. The predicted octanol–water partition coefficient (Wildman–Crippen LogP) is 1.89. The standard InChI is InChI=1S/C14H21N3O/c1-3-11-9-18-7-6-17(11)13-8-10(2)4-5-12(13)14(15)16/h4-5,8,11H,3,6-7,9H2,1-2H3,(H3,15,16). The van der Waals surface area contributed by atoms with E-state index in [0.717, 1.165) is 37.4 Å². The van der Waals surface area contributed by atoms with Gasteiger partial charge in [0.15, 0.2) is 0 Å². The highest BCUT2D eigenvalue weighted by Gasteiger charge is 2.24. The van der Waals surface area contributed by atoms with Crippen LogP contribution in [0, 0.1) is 12.3 Å². The van der Waals surface area contributed by atoms with Crippen LogP contribution in [0.3, 0.4) is 0 Å². The highest BCUT2D eigenvalue weighted by atomic mass is 16.5. The van der Waals surface area contributed by atoms with Gasteiger partial charge in [0.25, 0.3) is 0 Å². The van der Waals surface area contributed by atoms with Crippen LogP contribution in [0.25, 0.3) is 0 Å². The van der Waals surface area contributed by atoms with Crippen molar-refractivity contribution in [2.24, 2.45) is 5.73 Å². The molecule has 1 aliphatic heterocycles. The molecule has 1 heterocycles. The summed E-state index contributed by atoms with van der Waals surface area (Å²) in [5.74, 6) is 0.131. The van der Waals surface area contributed by atoms with E-state index in [1.165, 1.54) is 5.56 Å². The first-order valence-electron chi connectivity index (χ1n) is 6.43. The zero-order valence-corrected chi connectivity index (χ0v) is 11.1. The van der Waals surface area contributed by atoms with Crippen molar-refractivity contribution >= 4 is 11.5 Å². The van der Waals surface area contributed by atoms with Gasteiger partial charge in [0, 0.05) is 17.8 Å². The largest absolute Gasteiger partial charge is 0.384 e. The number of hydrogen-bond donors (Lipinski definition) is 2.